The average Bonchev–Trinajstić information content (AvgIpc) is 3.47. The summed E-state index contributed by atoms with van der Waals surface area (Å²) in [7, 11) is 0. The summed E-state index contributed by atoms with van der Waals surface area (Å²) in [6.45, 7) is 11.0. The summed E-state index contributed by atoms with van der Waals surface area (Å²) >= 11 is 0. The van der Waals surface area contributed by atoms with E-state index in [1.165, 1.54) is 89.0 Å². The normalized spacial score (nSPS) is 31.2. The maximum absolute atomic E-state index is 4.50. The van der Waals surface area contributed by atoms with Crippen molar-refractivity contribution < 1.29 is 26.2 Å². The molecule has 1 aromatic rings. The number of nitrogens with zero attached hydrogens (tertiary/aromatic N) is 1. The van der Waals surface area contributed by atoms with Gasteiger partial charge in [-0.25, -0.2) is 0 Å². The quantitative estimate of drug-likeness (QED) is 0.423. The van der Waals surface area contributed by atoms with E-state index < -0.39 is 0 Å². The molecule has 0 N–H and O–H groups in total. The minimum Gasteiger partial charge on any atom is -0.341 e. The summed E-state index contributed by atoms with van der Waals surface area (Å²) in [5.74, 6) is 0.499. The van der Waals surface area contributed by atoms with Gasteiger partial charge in [0, 0.05) is 6.54 Å². The third kappa shape index (κ3) is 6.80. The van der Waals surface area contributed by atoms with Crippen molar-refractivity contribution in [1.82, 2.24) is 4.90 Å². The summed E-state index contributed by atoms with van der Waals surface area (Å²) in [6.07, 6.45) is 18.9. The van der Waals surface area contributed by atoms with E-state index in [-0.39, 0.29) is 31.6 Å². The van der Waals surface area contributed by atoms with Crippen molar-refractivity contribution in [3.8, 4) is 0 Å². The molecule has 3 saturated carbocycles. The fraction of sp³-hybridized carbons (Fsp3) is 0.692. The smallest absolute Gasteiger partial charge is 0.341 e. The molecule has 28 heavy (non-hydrogen) atoms. The van der Waals surface area contributed by atoms with Gasteiger partial charge in [0.25, 0.3) is 0 Å². The first-order valence-electron chi connectivity index (χ1n) is 11.7. The Morgan fingerprint density at radius 3 is 1.82 bits per heavy atom. The first-order chi connectivity index (χ1) is 13.2. The van der Waals surface area contributed by atoms with Gasteiger partial charge in [-0.1, -0.05) is 107 Å². The van der Waals surface area contributed by atoms with E-state index >= 15 is 0 Å². The second kappa shape index (κ2) is 12.7. The third-order valence-corrected chi connectivity index (χ3v) is 7.22. The molecule has 3 aliphatic carbocycles. The van der Waals surface area contributed by atoms with Gasteiger partial charge in [0.05, 0.1) is 0 Å². The van der Waals surface area contributed by atoms with Crippen molar-refractivity contribution in [2.45, 2.75) is 96.1 Å². The van der Waals surface area contributed by atoms with Gasteiger partial charge in [-0.05, 0) is 24.6 Å². The molecule has 0 bridgehead atoms. The predicted octanol–water partition coefficient (Wildman–Crippen LogP) is 7.22. The van der Waals surface area contributed by atoms with Crippen LogP contribution in [0, 0.1) is 25.2 Å². The van der Waals surface area contributed by atoms with Crippen LogP contribution in [-0.4, -0.2) is 17.5 Å². The van der Waals surface area contributed by atoms with Crippen LogP contribution in [0.15, 0.2) is 30.3 Å². The second-order valence-electron chi connectivity index (χ2n) is 9.29. The molecule has 1 aromatic carbocycles. The van der Waals surface area contributed by atoms with Crippen molar-refractivity contribution in [1.29, 1.82) is 0 Å². The standard InChI is InChI=1S/C16H21N.2C5H10.Zr/c1-13-11-17(12-14-7-4-3-5-8-14)15-9-6-10-16(13,15)2;2*1-2-4-5-3-1;/h3-5,7-8,13,15H,1-2,6,9-12H2;2*1-5H2;/q-2;;;+4/t13-,15+,16+;;;/m0.../s1. The number of fused-ring (bicyclic) bond motifs is 1. The monoisotopic (exact) mass is 457 g/mol. The zero-order valence-electron chi connectivity index (χ0n) is 18.0. The van der Waals surface area contributed by atoms with Crippen LogP contribution < -0.4 is 0 Å². The fourth-order valence-corrected chi connectivity index (χ4v) is 5.45. The van der Waals surface area contributed by atoms with E-state index in [0.29, 0.717) is 12.0 Å². The Morgan fingerprint density at radius 2 is 1.32 bits per heavy atom. The number of benzene rings is 1. The van der Waals surface area contributed by atoms with Gasteiger partial charge in [-0.15, -0.1) is 0 Å². The molecule has 4 fully saturated rings. The predicted molar refractivity (Wildman–Crippen MR) is 117 cm³/mol. The van der Waals surface area contributed by atoms with Crippen molar-refractivity contribution in [2.75, 3.05) is 6.54 Å². The molecule has 5 rings (SSSR count). The van der Waals surface area contributed by atoms with Crippen LogP contribution in [0.25, 0.3) is 0 Å². The van der Waals surface area contributed by atoms with Gasteiger partial charge < -0.3 is 18.7 Å². The molecule has 3 atom stereocenters. The summed E-state index contributed by atoms with van der Waals surface area (Å²) in [6, 6.07) is 11.4. The zero-order chi connectivity index (χ0) is 19.0. The molecular formula is C26H41NZr+2. The number of rotatable bonds is 2. The maximum atomic E-state index is 4.50. The van der Waals surface area contributed by atoms with Crippen molar-refractivity contribution in [3.05, 3.63) is 49.7 Å². The zero-order valence-corrected chi connectivity index (χ0v) is 20.5. The second-order valence-corrected chi connectivity index (χ2v) is 9.29. The van der Waals surface area contributed by atoms with Crippen LogP contribution in [0.3, 0.4) is 0 Å². The van der Waals surface area contributed by atoms with Crippen LogP contribution in [0.4, 0.5) is 0 Å². The topological polar surface area (TPSA) is 3.24 Å². The Morgan fingerprint density at radius 1 is 0.821 bits per heavy atom. The molecule has 0 unspecified atom stereocenters. The minimum absolute atomic E-state index is 0. The van der Waals surface area contributed by atoms with Crippen LogP contribution >= 0.6 is 0 Å². The van der Waals surface area contributed by atoms with Gasteiger partial charge in [0.15, 0.2) is 0 Å². The molecule has 0 amide bonds. The van der Waals surface area contributed by atoms with Crippen LogP contribution in [0.5, 0.6) is 0 Å². The van der Waals surface area contributed by atoms with Gasteiger partial charge in [0.1, 0.15) is 0 Å². The van der Waals surface area contributed by atoms with Crippen molar-refractivity contribution in [3.63, 3.8) is 0 Å². The molecule has 2 heteroatoms. The Balaban J connectivity index is 0.000000209. The van der Waals surface area contributed by atoms with E-state index in [1.807, 2.05) is 0 Å². The van der Waals surface area contributed by atoms with E-state index in [9.17, 15) is 0 Å². The largest absolute Gasteiger partial charge is 4.00 e. The summed E-state index contributed by atoms with van der Waals surface area (Å²) in [4.78, 5) is 2.60. The van der Waals surface area contributed by atoms with E-state index in [1.54, 1.807) is 0 Å². The molecular weight excluding hydrogens is 418 g/mol. The molecule has 0 radical (unpaired) electrons. The molecule has 1 nitrogen and oxygen atoms in total. The number of hydrogen-bond donors (Lipinski definition) is 0. The van der Waals surface area contributed by atoms with Gasteiger partial charge in [0.2, 0.25) is 0 Å². The van der Waals surface area contributed by atoms with Crippen molar-refractivity contribution >= 4 is 0 Å². The van der Waals surface area contributed by atoms with Gasteiger partial charge in [-0.3, -0.25) is 0 Å². The Hall–Kier alpha value is 0.0631. The van der Waals surface area contributed by atoms with Crippen LogP contribution in [0.1, 0.15) is 89.0 Å². The van der Waals surface area contributed by atoms with Gasteiger partial charge >= 0.3 is 26.2 Å². The van der Waals surface area contributed by atoms with Gasteiger partial charge in [-0.2, -0.15) is 11.3 Å². The fourth-order valence-electron chi connectivity index (χ4n) is 5.45. The van der Waals surface area contributed by atoms with E-state index in [2.05, 4.69) is 49.1 Å². The molecule has 152 valence electrons. The first kappa shape index (κ1) is 24.3. The average molecular weight is 459 g/mol. The maximum Gasteiger partial charge on any atom is 4.00 e. The van der Waals surface area contributed by atoms with Crippen LogP contribution in [-0.2, 0) is 32.7 Å². The van der Waals surface area contributed by atoms with E-state index in [0.717, 1.165) is 13.1 Å². The van der Waals surface area contributed by atoms with E-state index in [4.69, 9.17) is 0 Å². The number of likely N-dealkylation sites (tertiary alicyclic amines) is 1. The Labute approximate surface area is 194 Å². The van der Waals surface area contributed by atoms with Crippen LogP contribution in [0.2, 0.25) is 0 Å². The Bertz CT molecular complexity index is 497. The molecule has 1 saturated heterocycles. The number of hydrogen-bond acceptors (Lipinski definition) is 1. The summed E-state index contributed by atoms with van der Waals surface area (Å²) < 4.78 is 0. The summed E-state index contributed by atoms with van der Waals surface area (Å²) in [5, 5.41) is 0. The first-order valence-corrected chi connectivity index (χ1v) is 11.7. The SMILES string of the molecule is C1CCCC1.C1CCCC1.[CH2-][C@H]1CN(Cc2ccccc2)[C@@H]2CCC[C@]12[CH2-].[Zr+4]. The molecule has 1 heterocycles. The molecule has 1 aliphatic heterocycles. The third-order valence-electron chi connectivity index (χ3n) is 7.22. The Kier molecular flexibility index (Phi) is 11.0. The molecule has 0 spiro atoms. The molecule has 4 aliphatic rings. The van der Waals surface area contributed by atoms with Crippen molar-refractivity contribution in [2.24, 2.45) is 11.3 Å². The summed E-state index contributed by atoms with van der Waals surface area (Å²) in [5.41, 5.74) is 1.64. The molecule has 0 aromatic heterocycles. The minimum atomic E-state index is 0.